The Morgan fingerprint density at radius 2 is 2.04 bits per heavy atom. The van der Waals surface area contributed by atoms with Crippen LogP contribution in [0.1, 0.15) is 24.7 Å². The van der Waals surface area contributed by atoms with Gasteiger partial charge in [0, 0.05) is 16.5 Å². The van der Waals surface area contributed by atoms with Crippen LogP contribution < -0.4 is 5.32 Å². The van der Waals surface area contributed by atoms with E-state index in [1.165, 1.54) is 11.8 Å². The summed E-state index contributed by atoms with van der Waals surface area (Å²) in [5, 5.41) is 10.9. The van der Waals surface area contributed by atoms with E-state index in [2.05, 4.69) is 15.5 Å². The number of halogens is 2. The first-order chi connectivity index (χ1) is 11.1. The molecule has 0 unspecified atom stereocenters. The van der Waals surface area contributed by atoms with Crippen LogP contribution in [0.15, 0.2) is 38.8 Å². The van der Waals surface area contributed by atoms with Crippen molar-refractivity contribution >= 4 is 35.1 Å². The average Bonchev–Trinajstić information content (AvgIpc) is 3.26. The molecule has 1 aromatic carbocycles. The number of aromatic nitrogens is 2. The average molecular weight is 357 g/mol. The first kappa shape index (κ1) is 16.3. The molecule has 1 fully saturated rings. The summed E-state index contributed by atoms with van der Waals surface area (Å²) in [4.78, 5) is 12.3. The lowest BCUT2D eigenvalue weighted by atomic mass is 10.3. The topological polar surface area (TPSA) is 68.0 Å². The lowest BCUT2D eigenvalue weighted by molar-refractivity contribution is -0.113. The van der Waals surface area contributed by atoms with Gasteiger partial charge in [0.2, 0.25) is 11.8 Å². The van der Waals surface area contributed by atoms with Crippen molar-refractivity contribution in [1.29, 1.82) is 0 Å². The van der Waals surface area contributed by atoms with Gasteiger partial charge in [-0.3, -0.25) is 4.79 Å². The lowest BCUT2D eigenvalue weighted by Gasteiger charge is -2.05. The zero-order valence-electron chi connectivity index (χ0n) is 11.9. The SMILES string of the molecule is O=C(CSc1nnc(C2CC2)o1)Nc1ccc(SC(F)F)cc1. The number of carbonyl (C=O) groups is 1. The fraction of sp³-hybridized carbons (Fsp3) is 0.357. The fourth-order valence-electron chi connectivity index (χ4n) is 1.82. The molecule has 0 radical (unpaired) electrons. The van der Waals surface area contributed by atoms with Gasteiger partial charge < -0.3 is 9.73 Å². The van der Waals surface area contributed by atoms with Gasteiger partial charge in [-0.25, -0.2) is 0 Å². The highest BCUT2D eigenvalue weighted by molar-refractivity contribution is 7.99. The van der Waals surface area contributed by atoms with Crippen molar-refractivity contribution in [3.8, 4) is 0 Å². The van der Waals surface area contributed by atoms with Gasteiger partial charge in [0.15, 0.2) is 0 Å². The smallest absolute Gasteiger partial charge is 0.288 e. The number of carbonyl (C=O) groups excluding carboxylic acids is 1. The Bertz CT molecular complexity index is 675. The molecule has 2 aromatic rings. The minimum Gasteiger partial charge on any atom is -0.416 e. The third-order valence-electron chi connectivity index (χ3n) is 3.04. The number of nitrogens with zero attached hydrogens (tertiary/aromatic N) is 2. The molecule has 1 aliphatic rings. The number of anilines is 1. The molecular formula is C14H13F2N3O2S2. The van der Waals surface area contributed by atoms with E-state index in [9.17, 15) is 13.6 Å². The molecule has 1 saturated carbocycles. The summed E-state index contributed by atoms with van der Waals surface area (Å²) in [5.74, 6) is -1.52. The third kappa shape index (κ3) is 4.93. The molecule has 23 heavy (non-hydrogen) atoms. The van der Waals surface area contributed by atoms with E-state index in [0.717, 1.165) is 12.8 Å². The van der Waals surface area contributed by atoms with E-state index >= 15 is 0 Å². The van der Waals surface area contributed by atoms with Crippen molar-refractivity contribution in [2.75, 3.05) is 11.1 Å². The largest absolute Gasteiger partial charge is 0.416 e. The highest BCUT2D eigenvalue weighted by Gasteiger charge is 2.29. The number of hydrogen-bond acceptors (Lipinski definition) is 6. The Morgan fingerprint density at radius 1 is 1.30 bits per heavy atom. The van der Waals surface area contributed by atoms with E-state index in [-0.39, 0.29) is 11.7 Å². The van der Waals surface area contributed by atoms with Crippen molar-refractivity contribution in [2.45, 2.75) is 34.6 Å². The summed E-state index contributed by atoms with van der Waals surface area (Å²) < 4.78 is 29.9. The molecule has 1 aromatic heterocycles. The first-order valence-corrected chi connectivity index (χ1v) is 8.77. The molecule has 0 aliphatic heterocycles. The second-order valence-corrected chi connectivity index (χ2v) is 6.91. The zero-order chi connectivity index (χ0) is 16.2. The van der Waals surface area contributed by atoms with Gasteiger partial charge in [-0.1, -0.05) is 23.5 Å². The monoisotopic (exact) mass is 357 g/mol. The van der Waals surface area contributed by atoms with E-state index in [0.29, 0.717) is 39.4 Å². The number of rotatable bonds is 7. The van der Waals surface area contributed by atoms with Gasteiger partial charge in [-0.15, -0.1) is 10.2 Å². The first-order valence-electron chi connectivity index (χ1n) is 6.91. The number of amides is 1. The van der Waals surface area contributed by atoms with Crippen LogP contribution in [0.2, 0.25) is 0 Å². The molecule has 1 amide bonds. The molecule has 0 bridgehead atoms. The van der Waals surface area contributed by atoms with Crippen LogP contribution in [0.3, 0.4) is 0 Å². The standard InChI is InChI=1S/C14H13F2N3O2S2/c15-13(16)23-10-5-3-9(4-6-10)17-11(20)7-22-14-19-18-12(21-14)8-1-2-8/h3-6,8,13H,1-2,7H2,(H,17,20). The molecule has 1 aliphatic carbocycles. The van der Waals surface area contributed by atoms with Gasteiger partial charge in [0.05, 0.1) is 5.75 Å². The maximum atomic E-state index is 12.2. The summed E-state index contributed by atoms with van der Waals surface area (Å²) in [7, 11) is 0. The Hall–Kier alpha value is -1.61. The molecule has 0 atom stereocenters. The van der Waals surface area contributed by atoms with Crippen molar-refractivity contribution in [3.63, 3.8) is 0 Å². The van der Waals surface area contributed by atoms with Gasteiger partial charge in [0.25, 0.3) is 11.0 Å². The zero-order valence-corrected chi connectivity index (χ0v) is 13.5. The summed E-state index contributed by atoms with van der Waals surface area (Å²) in [6.07, 6.45) is 2.15. The highest BCUT2D eigenvalue weighted by atomic mass is 32.2. The maximum Gasteiger partial charge on any atom is 0.288 e. The van der Waals surface area contributed by atoms with Crippen molar-refractivity contribution in [2.24, 2.45) is 0 Å². The summed E-state index contributed by atoms with van der Waals surface area (Å²) >= 11 is 1.64. The minimum absolute atomic E-state index is 0.139. The van der Waals surface area contributed by atoms with E-state index in [1.54, 1.807) is 24.3 Å². The van der Waals surface area contributed by atoms with E-state index in [4.69, 9.17) is 4.42 Å². The van der Waals surface area contributed by atoms with Crippen LogP contribution in [-0.2, 0) is 4.79 Å². The van der Waals surface area contributed by atoms with Gasteiger partial charge in [0.1, 0.15) is 0 Å². The summed E-state index contributed by atoms with van der Waals surface area (Å²) in [6.45, 7) is 0. The number of nitrogens with one attached hydrogen (secondary N) is 1. The number of benzene rings is 1. The molecule has 1 N–H and O–H groups in total. The van der Waals surface area contributed by atoms with Crippen LogP contribution in [0.4, 0.5) is 14.5 Å². The summed E-state index contributed by atoms with van der Waals surface area (Å²) in [6, 6.07) is 6.26. The van der Waals surface area contributed by atoms with Crippen LogP contribution in [0.5, 0.6) is 0 Å². The number of alkyl halides is 2. The Morgan fingerprint density at radius 3 is 2.70 bits per heavy atom. The van der Waals surface area contributed by atoms with Crippen LogP contribution in [0, 0.1) is 0 Å². The molecule has 122 valence electrons. The number of thioether (sulfide) groups is 2. The van der Waals surface area contributed by atoms with E-state index < -0.39 is 5.76 Å². The second-order valence-electron chi connectivity index (χ2n) is 4.92. The fourth-order valence-corrected chi connectivity index (χ4v) is 2.89. The molecule has 9 heteroatoms. The third-order valence-corrected chi connectivity index (χ3v) is 4.58. The van der Waals surface area contributed by atoms with Crippen molar-refractivity contribution < 1.29 is 18.0 Å². The maximum absolute atomic E-state index is 12.2. The van der Waals surface area contributed by atoms with Crippen molar-refractivity contribution in [1.82, 2.24) is 10.2 Å². The van der Waals surface area contributed by atoms with Gasteiger partial charge >= 0.3 is 0 Å². The normalized spacial score (nSPS) is 14.2. The Labute approximate surface area is 139 Å². The lowest BCUT2D eigenvalue weighted by Crippen LogP contribution is -2.13. The van der Waals surface area contributed by atoms with Crippen LogP contribution in [0.25, 0.3) is 0 Å². The second kappa shape index (κ2) is 7.31. The van der Waals surface area contributed by atoms with Gasteiger partial charge in [-0.2, -0.15) is 8.78 Å². The Balaban J connectivity index is 1.46. The van der Waals surface area contributed by atoms with Gasteiger partial charge in [-0.05, 0) is 37.1 Å². The number of hydrogen-bond donors (Lipinski definition) is 1. The predicted molar refractivity (Wildman–Crippen MR) is 83.9 cm³/mol. The molecular weight excluding hydrogens is 344 g/mol. The van der Waals surface area contributed by atoms with Crippen LogP contribution >= 0.6 is 23.5 Å². The summed E-state index contributed by atoms with van der Waals surface area (Å²) in [5.41, 5.74) is 0.554. The minimum atomic E-state index is -2.46. The molecule has 1 heterocycles. The predicted octanol–water partition coefficient (Wildman–Crippen LogP) is 3.99. The Kier molecular flexibility index (Phi) is 5.16. The van der Waals surface area contributed by atoms with E-state index in [1.807, 2.05) is 0 Å². The highest BCUT2D eigenvalue weighted by Crippen LogP contribution is 2.39. The molecule has 0 spiro atoms. The van der Waals surface area contributed by atoms with Crippen molar-refractivity contribution in [3.05, 3.63) is 30.2 Å². The molecule has 0 saturated heterocycles. The molecule has 5 nitrogen and oxygen atoms in total. The van der Waals surface area contributed by atoms with Crippen LogP contribution in [-0.4, -0.2) is 27.6 Å². The quantitative estimate of drug-likeness (QED) is 0.756. The molecule has 3 rings (SSSR count).